The molecule has 0 aromatic rings. The molecule has 0 radical (unpaired) electrons. The Morgan fingerprint density at radius 3 is 2.41 bits per heavy atom. The van der Waals surface area contributed by atoms with E-state index in [1.807, 2.05) is 0 Å². The van der Waals surface area contributed by atoms with Gasteiger partial charge < -0.3 is 4.74 Å². The normalized spacial score (nSPS) is 33.6. The molecule has 0 spiro atoms. The zero-order valence-electron chi connectivity index (χ0n) is 13.9. The zero-order chi connectivity index (χ0) is 16.8. The third-order valence-electron chi connectivity index (χ3n) is 4.92. The van der Waals surface area contributed by atoms with Crippen LogP contribution in [0.25, 0.3) is 0 Å². The number of ether oxygens (including phenoxy) is 1. The molecule has 0 aromatic carbocycles. The van der Waals surface area contributed by atoms with Gasteiger partial charge in [-0.3, -0.25) is 4.79 Å². The van der Waals surface area contributed by atoms with E-state index in [1.54, 1.807) is 20.8 Å². The van der Waals surface area contributed by atoms with Crippen molar-refractivity contribution in [2.24, 2.45) is 23.2 Å². The van der Waals surface area contributed by atoms with Gasteiger partial charge >= 0.3 is 12.1 Å². The Hall–Kier alpha value is -0.740. The minimum Gasteiger partial charge on any atom is -0.458 e. The van der Waals surface area contributed by atoms with E-state index < -0.39 is 29.1 Å². The van der Waals surface area contributed by atoms with Gasteiger partial charge in [0.15, 0.2) is 5.92 Å². The van der Waals surface area contributed by atoms with Gasteiger partial charge in [0, 0.05) is 5.92 Å². The molecule has 2 aliphatic carbocycles. The van der Waals surface area contributed by atoms with Crippen LogP contribution in [0.15, 0.2) is 0 Å². The second-order valence-corrected chi connectivity index (χ2v) is 8.49. The topological polar surface area (TPSA) is 26.3 Å². The van der Waals surface area contributed by atoms with Gasteiger partial charge in [-0.15, -0.1) is 0 Å². The molecular weight excluding hydrogens is 293 g/mol. The van der Waals surface area contributed by atoms with Gasteiger partial charge in [-0.1, -0.05) is 40.5 Å². The summed E-state index contributed by atoms with van der Waals surface area (Å²) in [5.74, 6) is -2.40. The van der Waals surface area contributed by atoms with Crippen LogP contribution in [0, 0.1) is 23.2 Å². The van der Waals surface area contributed by atoms with E-state index in [4.69, 9.17) is 4.74 Å². The number of esters is 1. The van der Waals surface area contributed by atoms with Crippen LogP contribution in [-0.2, 0) is 9.53 Å². The maximum Gasteiger partial charge on any atom is 0.402 e. The monoisotopic (exact) mass is 320 g/mol. The molecule has 0 aromatic heterocycles. The molecular formula is C17H27F3O2. The van der Waals surface area contributed by atoms with E-state index in [-0.39, 0.29) is 12.3 Å². The lowest BCUT2D eigenvalue weighted by Gasteiger charge is -2.29. The fourth-order valence-corrected chi connectivity index (χ4v) is 3.76. The van der Waals surface area contributed by atoms with Crippen LogP contribution in [0.2, 0.25) is 0 Å². The summed E-state index contributed by atoms with van der Waals surface area (Å²) >= 11 is 0. The van der Waals surface area contributed by atoms with E-state index in [0.29, 0.717) is 12.3 Å². The second-order valence-electron chi connectivity index (χ2n) is 8.49. The first-order valence-corrected chi connectivity index (χ1v) is 8.22. The zero-order valence-corrected chi connectivity index (χ0v) is 13.9. The minimum absolute atomic E-state index is 0.231. The molecule has 22 heavy (non-hydrogen) atoms. The molecule has 5 heteroatoms. The molecule has 0 saturated heterocycles. The van der Waals surface area contributed by atoms with Crippen molar-refractivity contribution in [3.8, 4) is 0 Å². The Bertz CT molecular complexity index is 425. The lowest BCUT2D eigenvalue weighted by molar-refractivity contribution is -0.208. The summed E-state index contributed by atoms with van der Waals surface area (Å²) in [7, 11) is 0. The largest absolute Gasteiger partial charge is 0.458 e. The minimum atomic E-state index is -4.54. The quantitative estimate of drug-likeness (QED) is 0.675. The first-order chi connectivity index (χ1) is 9.93. The average molecular weight is 320 g/mol. The fourth-order valence-electron chi connectivity index (χ4n) is 3.76. The first-order valence-electron chi connectivity index (χ1n) is 8.22. The van der Waals surface area contributed by atoms with Crippen molar-refractivity contribution in [1.29, 1.82) is 0 Å². The maximum absolute atomic E-state index is 13.2. The van der Waals surface area contributed by atoms with Crippen LogP contribution in [-0.4, -0.2) is 17.7 Å². The van der Waals surface area contributed by atoms with Gasteiger partial charge in [0.05, 0.1) is 0 Å². The highest BCUT2D eigenvalue weighted by Crippen LogP contribution is 2.57. The molecule has 4 atom stereocenters. The van der Waals surface area contributed by atoms with Gasteiger partial charge in [0.25, 0.3) is 0 Å². The number of hydrogen-bond donors (Lipinski definition) is 0. The Kier molecular flexibility index (Phi) is 4.58. The van der Waals surface area contributed by atoms with Gasteiger partial charge in [-0.2, -0.15) is 13.2 Å². The molecule has 2 fully saturated rings. The number of hydrogen-bond acceptors (Lipinski definition) is 2. The van der Waals surface area contributed by atoms with E-state index >= 15 is 0 Å². The van der Waals surface area contributed by atoms with E-state index in [9.17, 15) is 18.0 Å². The number of fused-ring (bicyclic) bond motifs is 1. The summed E-state index contributed by atoms with van der Waals surface area (Å²) in [6, 6.07) is 0. The van der Waals surface area contributed by atoms with E-state index in [1.165, 1.54) is 0 Å². The smallest absolute Gasteiger partial charge is 0.402 e. The summed E-state index contributed by atoms with van der Waals surface area (Å²) in [5.41, 5.74) is -1.18. The van der Waals surface area contributed by atoms with Crippen molar-refractivity contribution in [3.05, 3.63) is 0 Å². The summed E-state index contributed by atoms with van der Waals surface area (Å²) in [6.07, 6.45) is -0.204. The summed E-state index contributed by atoms with van der Waals surface area (Å²) in [5, 5.41) is 0. The summed E-state index contributed by atoms with van der Waals surface area (Å²) < 4.78 is 45.2. The van der Waals surface area contributed by atoms with E-state index in [0.717, 1.165) is 25.7 Å². The molecule has 4 unspecified atom stereocenters. The number of carbonyl (C=O) groups excluding carboxylic acids is 1. The molecule has 0 aliphatic heterocycles. The Balaban J connectivity index is 2.08. The molecule has 0 heterocycles. The molecule has 2 saturated carbocycles. The van der Waals surface area contributed by atoms with E-state index in [2.05, 4.69) is 6.92 Å². The first kappa shape index (κ1) is 17.6. The molecule has 2 nitrogen and oxygen atoms in total. The van der Waals surface area contributed by atoms with Gasteiger partial charge in [0.1, 0.15) is 5.60 Å². The highest BCUT2D eigenvalue weighted by atomic mass is 19.4. The number of carbonyl (C=O) groups is 1. The van der Waals surface area contributed by atoms with Crippen LogP contribution in [0.4, 0.5) is 13.2 Å². The highest BCUT2D eigenvalue weighted by molar-refractivity contribution is 5.74. The van der Waals surface area contributed by atoms with Gasteiger partial charge in [0.2, 0.25) is 0 Å². The van der Waals surface area contributed by atoms with Crippen molar-refractivity contribution in [2.75, 3.05) is 0 Å². The van der Waals surface area contributed by atoms with Crippen LogP contribution >= 0.6 is 0 Å². The van der Waals surface area contributed by atoms with Crippen LogP contribution in [0.1, 0.15) is 66.2 Å². The summed E-state index contributed by atoms with van der Waals surface area (Å²) in [4.78, 5) is 12.2. The Labute approximate surface area is 130 Å². The van der Waals surface area contributed by atoms with Crippen molar-refractivity contribution < 1.29 is 22.7 Å². The highest BCUT2D eigenvalue weighted by Gasteiger charge is 2.60. The van der Waals surface area contributed by atoms with Gasteiger partial charge in [-0.25, -0.2) is 0 Å². The van der Waals surface area contributed by atoms with Crippen molar-refractivity contribution in [1.82, 2.24) is 0 Å². The molecule has 128 valence electrons. The lowest BCUT2D eigenvalue weighted by Crippen LogP contribution is -2.38. The Morgan fingerprint density at radius 1 is 1.23 bits per heavy atom. The van der Waals surface area contributed by atoms with Crippen molar-refractivity contribution in [3.63, 3.8) is 0 Å². The standard InChI is InChI=1S/C17H27F3O2/c1-11-6-5-7-12-9-16(12,8-11)22-14(21)13(17(18,19)20)10-15(2,3)4/h11-13H,5-10H2,1-4H3. The summed E-state index contributed by atoms with van der Waals surface area (Å²) in [6.45, 7) is 7.23. The SMILES string of the molecule is CC1CCCC2CC2(OC(=O)C(CC(C)(C)C)C(F)(F)F)C1. The third-order valence-corrected chi connectivity index (χ3v) is 4.92. The molecule has 0 N–H and O–H groups in total. The maximum atomic E-state index is 13.2. The number of alkyl halides is 3. The second kappa shape index (κ2) is 5.72. The van der Waals surface area contributed by atoms with Crippen molar-refractivity contribution in [2.45, 2.75) is 78.0 Å². The molecule has 2 rings (SSSR count). The molecule has 2 aliphatic rings. The fraction of sp³-hybridized carbons (Fsp3) is 0.941. The third kappa shape index (κ3) is 4.17. The lowest BCUT2D eigenvalue weighted by atomic mass is 9.84. The Morgan fingerprint density at radius 2 is 1.86 bits per heavy atom. The predicted molar refractivity (Wildman–Crippen MR) is 78.2 cm³/mol. The number of halogens is 3. The van der Waals surface area contributed by atoms with Gasteiger partial charge in [-0.05, 0) is 37.0 Å². The van der Waals surface area contributed by atoms with Crippen molar-refractivity contribution >= 4 is 5.97 Å². The number of rotatable bonds is 3. The molecule has 0 amide bonds. The van der Waals surface area contributed by atoms with Crippen LogP contribution in [0.5, 0.6) is 0 Å². The molecule has 0 bridgehead atoms. The predicted octanol–water partition coefficient (Wildman–Crippen LogP) is 5.11. The van der Waals surface area contributed by atoms with Crippen LogP contribution in [0.3, 0.4) is 0 Å². The van der Waals surface area contributed by atoms with Crippen LogP contribution < -0.4 is 0 Å². The average Bonchev–Trinajstić information content (AvgIpc) is 2.96.